The van der Waals surface area contributed by atoms with Gasteiger partial charge in [-0.15, -0.1) is 20.5 Å². The zero-order chi connectivity index (χ0) is 32.3. The maximum absolute atomic E-state index is 8.49. The van der Waals surface area contributed by atoms with Crippen molar-refractivity contribution in [1.82, 2.24) is 15.0 Å². The van der Waals surface area contributed by atoms with Gasteiger partial charge in [0.25, 0.3) is 0 Å². The number of aromatic nitrogens is 3. The molecule has 0 fully saturated rings. The molecule has 0 radical (unpaired) electrons. The molecule has 1 aromatic carbocycles. The molecule has 14 nitrogen and oxygen atoms in total. The molecule has 44 heavy (non-hydrogen) atoms. The van der Waals surface area contributed by atoms with E-state index >= 15 is 0 Å². The molecule has 0 atom stereocenters. The van der Waals surface area contributed by atoms with Gasteiger partial charge in [0.2, 0.25) is 0 Å². The fourth-order valence-electron chi connectivity index (χ4n) is 3.47. The molecule has 0 aliphatic heterocycles. The molecule has 4 rings (SSSR count). The standard InChI is InChI=1S/C25H25N5.C2H3N.2ClHO4.Ni/c1-29(18-21-10-4-7-15-26-21)24-13-2-3-14-25(24)30(19-22-11-5-8-16-27-22)20-23-12-6-9-17-28-23;1-2-3;2*2-1(3,4)5;/h2-17H,18-20H2,1H3;1H3;2*(H,2,3,4,5);/q;;;;+2/p-2. The summed E-state index contributed by atoms with van der Waals surface area (Å²) in [4.78, 5) is 18.1. The molecule has 0 aliphatic rings. The molecule has 0 spiro atoms. The summed E-state index contributed by atoms with van der Waals surface area (Å²) in [7, 11) is -7.78. The molecular weight excluding hydrogens is 666 g/mol. The van der Waals surface area contributed by atoms with E-state index in [0.29, 0.717) is 13.1 Å². The number of nitriles is 1. The van der Waals surface area contributed by atoms with Gasteiger partial charge in [-0.3, -0.25) is 15.0 Å². The monoisotopic (exact) mass is 692 g/mol. The van der Waals surface area contributed by atoms with Crippen LogP contribution in [0, 0.1) is 31.8 Å². The Bertz CT molecular complexity index is 1280. The Kier molecular flexibility index (Phi) is 19.6. The molecule has 0 unspecified atom stereocenters. The summed E-state index contributed by atoms with van der Waals surface area (Å²) >= 11 is 0. The maximum Gasteiger partial charge on any atom is 2.00 e. The van der Waals surface area contributed by atoms with Gasteiger partial charge in [0.05, 0.1) is 54.2 Å². The number of hydrogen-bond acceptors (Lipinski definition) is 14. The average molecular weight is 694 g/mol. The van der Waals surface area contributed by atoms with E-state index < -0.39 is 20.5 Å². The Balaban J connectivity index is 0.00000112. The van der Waals surface area contributed by atoms with Crippen LogP contribution in [-0.2, 0) is 36.1 Å². The van der Waals surface area contributed by atoms with Gasteiger partial charge in [0.1, 0.15) is 0 Å². The molecule has 0 N–H and O–H groups in total. The molecule has 0 bridgehead atoms. The Labute approximate surface area is 269 Å². The van der Waals surface area contributed by atoms with Crippen LogP contribution in [0.5, 0.6) is 0 Å². The van der Waals surface area contributed by atoms with Crippen molar-refractivity contribution in [3.63, 3.8) is 0 Å². The van der Waals surface area contributed by atoms with Crippen molar-refractivity contribution in [2.24, 2.45) is 0 Å². The van der Waals surface area contributed by atoms with E-state index in [-0.39, 0.29) is 16.5 Å². The van der Waals surface area contributed by atoms with Crippen molar-refractivity contribution >= 4 is 11.4 Å². The number of anilines is 2. The minimum atomic E-state index is -4.94. The van der Waals surface area contributed by atoms with Crippen LogP contribution in [0.2, 0.25) is 0 Å². The molecule has 17 heteroatoms. The van der Waals surface area contributed by atoms with Crippen molar-refractivity contribution in [3.8, 4) is 6.07 Å². The Morgan fingerprint density at radius 2 is 0.886 bits per heavy atom. The van der Waals surface area contributed by atoms with Crippen LogP contribution < -0.4 is 47.1 Å². The average Bonchev–Trinajstić information content (AvgIpc) is 2.93. The van der Waals surface area contributed by atoms with Gasteiger partial charge in [-0.2, -0.15) is 5.26 Å². The molecule has 238 valence electrons. The van der Waals surface area contributed by atoms with Crippen molar-refractivity contribution in [2.75, 3.05) is 16.8 Å². The van der Waals surface area contributed by atoms with Gasteiger partial charge < -0.3 is 9.80 Å². The number of nitrogens with zero attached hydrogens (tertiary/aromatic N) is 6. The van der Waals surface area contributed by atoms with Gasteiger partial charge in [0, 0.05) is 32.6 Å². The first-order valence-electron chi connectivity index (χ1n) is 12.0. The third kappa shape index (κ3) is 20.4. The van der Waals surface area contributed by atoms with Crippen LogP contribution in [0.15, 0.2) is 97.5 Å². The Morgan fingerprint density at radius 3 is 1.20 bits per heavy atom. The van der Waals surface area contributed by atoms with E-state index in [4.69, 9.17) is 42.5 Å². The van der Waals surface area contributed by atoms with Crippen molar-refractivity contribution in [2.45, 2.75) is 26.6 Å². The molecule has 3 heterocycles. The number of benzene rings is 1. The van der Waals surface area contributed by atoms with E-state index in [9.17, 15) is 0 Å². The van der Waals surface area contributed by atoms with Crippen LogP contribution in [0.4, 0.5) is 11.4 Å². The second kappa shape index (κ2) is 21.3. The van der Waals surface area contributed by atoms with Gasteiger partial charge in [-0.25, -0.2) is 37.3 Å². The quantitative estimate of drug-likeness (QED) is 0.158. The topological polar surface area (TPSA) is 253 Å². The van der Waals surface area contributed by atoms with Gasteiger partial charge in [-0.05, 0) is 48.5 Å². The molecular formula is C27H28Cl2N6NiO8. The molecule has 0 saturated carbocycles. The number of halogens is 2. The normalized spacial score (nSPS) is 10.1. The fourth-order valence-corrected chi connectivity index (χ4v) is 3.47. The number of hydrogen-bond donors (Lipinski definition) is 0. The Morgan fingerprint density at radius 1 is 0.591 bits per heavy atom. The summed E-state index contributed by atoms with van der Waals surface area (Å²) in [5.41, 5.74) is 5.38. The molecule has 0 saturated heterocycles. The fraction of sp³-hybridized carbons (Fsp3) is 0.185. The van der Waals surface area contributed by atoms with E-state index in [0.717, 1.165) is 35.0 Å². The largest absolute Gasteiger partial charge is 2.00 e. The third-order valence-electron chi connectivity index (χ3n) is 4.92. The van der Waals surface area contributed by atoms with E-state index in [2.05, 4.69) is 74.3 Å². The maximum atomic E-state index is 8.49. The first-order chi connectivity index (χ1) is 20.2. The Hall–Kier alpha value is -3.49. The van der Waals surface area contributed by atoms with Crippen molar-refractivity contribution in [3.05, 3.63) is 115 Å². The molecule has 3 aromatic heterocycles. The second-order valence-electron chi connectivity index (χ2n) is 8.14. The predicted molar refractivity (Wildman–Crippen MR) is 132 cm³/mol. The summed E-state index contributed by atoms with van der Waals surface area (Å²) in [5, 5.41) is 7.32. The number of rotatable bonds is 8. The van der Waals surface area contributed by atoms with E-state index in [1.165, 1.54) is 6.92 Å². The molecule has 0 amide bonds. The molecule has 0 aliphatic carbocycles. The first kappa shape index (κ1) is 40.5. The summed E-state index contributed by atoms with van der Waals surface area (Å²) < 4.78 is 67.9. The zero-order valence-corrected chi connectivity index (χ0v) is 25.9. The molecule has 4 aromatic rings. The summed E-state index contributed by atoms with van der Waals surface area (Å²) in [5.74, 6) is 0. The van der Waals surface area contributed by atoms with E-state index in [1.807, 2.05) is 55.0 Å². The minimum Gasteiger partial charge on any atom is -0.367 e. The van der Waals surface area contributed by atoms with E-state index in [1.54, 1.807) is 6.07 Å². The van der Waals surface area contributed by atoms with Crippen LogP contribution in [-0.4, -0.2) is 22.0 Å². The summed E-state index contributed by atoms with van der Waals surface area (Å²) in [6.45, 7) is 3.57. The van der Waals surface area contributed by atoms with Crippen LogP contribution in [0.3, 0.4) is 0 Å². The van der Waals surface area contributed by atoms with Crippen molar-refractivity contribution in [1.29, 1.82) is 5.26 Å². The van der Waals surface area contributed by atoms with Crippen LogP contribution >= 0.6 is 0 Å². The third-order valence-corrected chi connectivity index (χ3v) is 4.92. The second-order valence-corrected chi connectivity index (χ2v) is 9.66. The number of pyridine rings is 3. The van der Waals surface area contributed by atoms with Crippen LogP contribution in [0.1, 0.15) is 24.0 Å². The zero-order valence-electron chi connectivity index (χ0n) is 23.4. The number of para-hydroxylation sites is 2. The van der Waals surface area contributed by atoms with Gasteiger partial charge >= 0.3 is 16.5 Å². The summed E-state index contributed by atoms with van der Waals surface area (Å²) in [6.07, 6.45) is 5.52. The SMILES string of the molecule is CC#N.CN(Cc1ccccn1)c1ccccc1N(Cc1ccccn1)Cc1ccccn1.[Ni+2].[O-][Cl+3]([O-])([O-])[O-].[O-][Cl+3]([O-])([O-])[O-]. The first-order valence-corrected chi connectivity index (χ1v) is 14.5. The smallest absolute Gasteiger partial charge is 0.367 e. The van der Waals surface area contributed by atoms with Crippen molar-refractivity contribution < 1.29 is 74.2 Å². The predicted octanol–water partition coefficient (Wildman–Crippen LogP) is -4.27. The minimum absolute atomic E-state index is 0. The summed E-state index contributed by atoms with van der Waals surface area (Å²) in [6, 6.07) is 28.3. The van der Waals surface area contributed by atoms with Gasteiger partial charge in [0.15, 0.2) is 0 Å². The van der Waals surface area contributed by atoms with Crippen LogP contribution in [0.25, 0.3) is 0 Å². The van der Waals surface area contributed by atoms with Gasteiger partial charge in [-0.1, -0.05) is 30.3 Å².